The Hall–Kier alpha value is -2.23. The van der Waals surface area contributed by atoms with Crippen LogP contribution in [-0.2, 0) is 0 Å². The number of aromatic nitrogens is 1. The Morgan fingerprint density at radius 3 is 2.50 bits per heavy atom. The van der Waals surface area contributed by atoms with Crippen LogP contribution in [0.5, 0.6) is 0 Å². The van der Waals surface area contributed by atoms with E-state index in [-0.39, 0.29) is 11.9 Å². The van der Waals surface area contributed by atoms with Crippen LogP contribution < -0.4 is 0 Å². The lowest BCUT2D eigenvalue weighted by Crippen LogP contribution is -2.29. The molecule has 0 N–H and O–H groups in total. The van der Waals surface area contributed by atoms with Gasteiger partial charge in [0.05, 0.1) is 6.04 Å². The molecule has 1 heterocycles. The first-order chi connectivity index (χ1) is 9.49. The number of carbonyl (C=O) groups is 1. The minimum absolute atomic E-state index is 0.0840. The summed E-state index contributed by atoms with van der Waals surface area (Å²) in [6.45, 7) is 3.96. The van der Waals surface area contributed by atoms with E-state index in [4.69, 9.17) is 0 Å². The highest BCUT2D eigenvalue weighted by molar-refractivity contribution is 5.94. The Morgan fingerprint density at radius 1 is 1.25 bits per heavy atom. The molecular formula is C16H17FN2O. The van der Waals surface area contributed by atoms with Gasteiger partial charge < -0.3 is 4.90 Å². The largest absolute Gasteiger partial charge is 0.335 e. The number of amides is 1. The zero-order chi connectivity index (χ0) is 14.7. The number of rotatable bonds is 3. The number of aryl methyl sites for hydroxylation is 1. The fourth-order valence-electron chi connectivity index (χ4n) is 1.98. The monoisotopic (exact) mass is 272 g/mol. The smallest absolute Gasteiger partial charge is 0.254 e. The summed E-state index contributed by atoms with van der Waals surface area (Å²) in [5.74, 6) is -0.869. The van der Waals surface area contributed by atoms with E-state index in [1.165, 1.54) is 17.8 Å². The first kappa shape index (κ1) is 14.2. The van der Waals surface area contributed by atoms with E-state index < -0.39 is 5.95 Å². The van der Waals surface area contributed by atoms with Gasteiger partial charge >= 0.3 is 0 Å². The van der Waals surface area contributed by atoms with Gasteiger partial charge in [-0.15, -0.1) is 0 Å². The van der Waals surface area contributed by atoms with Gasteiger partial charge in [-0.2, -0.15) is 4.39 Å². The highest BCUT2D eigenvalue weighted by Crippen LogP contribution is 2.21. The van der Waals surface area contributed by atoms with Crippen LogP contribution >= 0.6 is 0 Å². The summed E-state index contributed by atoms with van der Waals surface area (Å²) >= 11 is 0. The van der Waals surface area contributed by atoms with Crippen LogP contribution in [0.2, 0.25) is 0 Å². The topological polar surface area (TPSA) is 33.2 Å². The molecule has 3 nitrogen and oxygen atoms in total. The molecule has 1 amide bonds. The number of hydrogen-bond acceptors (Lipinski definition) is 2. The zero-order valence-corrected chi connectivity index (χ0v) is 11.8. The Balaban J connectivity index is 2.20. The van der Waals surface area contributed by atoms with Crippen molar-refractivity contribution in [2.75, 3.05) is 7.05 Å². The van der Waals surface area contributed by atoms with Gasteiger partial charge in [0.2, 0.25) is 5.95 Å². The van der Waals surface area contributed by atoms with E-state index in [1.807, 2.05) is 38.1 Å². The quantitative estimate of drug-likeness (QED) is 0.803. The van der Waals surface area contributed by atoms with Crippen LogP contribution in [-0.4, -0.2) is 22.8 Å². The van der Waals surface area contributed by atoms with E-state index in [2.05, 4.69) is 4.98 Å². The molecule has 0 spiro atoms. The molecule has 0 aliphatic carbocycles. The molecule has 4 heteroatoms. The SMILES string of the molecule is Cc1ccc(C(C)N(C)C(=O)c2ccnc(F)c2)cc1. The standard InChI is InChI=1S/C16H17FN2O/c1-11-4-6-13(7-5-11)12(2)19(3)16(20)14-8-9-18-15(17)10-14/h4-10,12H,1-3H3. The van der Waals surface area contributed by atoms with Gasteiger partial charge in [0.15, 0.2) is 0 Å². The van der Waals surface area contributed by atoms with Crippen LogP contribution in [0.25, 0.3) is 0 Å². The average Bonchev–Trinajstić information content (AvgIpc) is 2.46. The molecule has 2 rings (SSSR count). The lowest BCUT2D eigenvalue weighted by Gasteiger charge is -2.25. The summed E-state index contributed by atoms with van der Waals surface area (Å²) in [5, 5.41) is 0. The van der Waals surface area contributed by atoms with Crippen molar-refractivity contribution in [2.24, 2.45) is 0 Å². The number of halogens is 1. The molecule has 1 atom stereocenters. The van der Waals surface area contributed by atoms with Gasteiger partial charge in [0.1, 0.15) is 0 Å². The van der Waals surface area contributed by atoms with E-state index >= 15 is 0 Å². The number of hydrogen-bond donors (Lipinski definition) is 0. The Bertz CT molecular complexity index is 610. The van der Waals surface area contributed by atoms with Crippen LogP contribution in [0.1, 0.15) is 34.5 Å². The molecular weight excluding hydrogens is 255 g/mol. The number of pyridine rings is 1. The van der Waals surface area contributed by atoms with Gasteiger partial charge in [0.25, 0.3) is 5.91 Å². The second-order valence-electron chi connectivity index (χ2n) is 4.87. The van der Waals surface area contributed by atoms with Gasteiger partial charge in [-0.1, -0.05) is 29.8 Å². The fraction of sp³-hybridized carbons (Fsp3) is 0.250. The Kier molecular flexibility index (Phi) is 4.13. The average molecular weight is 272 g/mol. The molecule has 0 saturated carbocycles. The number of carbonyl (C=O) groups excluding carboxylic acids is 1. The third-order valence-electron chi connectivity index (χ3n) is 3.43. The first-order valence-electron chi connectivity index (χ1n) is 6.44. The van der Waals surface area contributed by atoms with Crippen molar-refractivity contribution in [3.8, 4) is 0 Å². The van der Waals surface area contributed by atoms with Crippen LogP contribution in [0.3, 0.4) is 0 Å². The first-order valence-corrected chi connectivity index (χ1v) is 6.44. The van der Waals surface area contributed by atoms with Gasteiger partial charge in [-0.25, -0.2) is 4.98 Å². The normalized spacial score (nSPS) is 12.0. The second kappa shape index (κ2) is 5.82. The van der Waals surface area contributed by atoms with Crippen molar-refractivity contribution in [3.05, 3.63) is 65.2 Å². The highest BCUT2D eigenvalue weighted by atomic mass is 19.1. The number of benzene rings is 1. The molecule has 1 aromatic carbocycles. The van der Waals surface area contributed by atoms with E-state index in [0.717, 1.165) is 11.6 Å². The molecule has 0 aliphatic heterocycles. The molecule has 20 heavy (non-hydrogen) atoms. The van der Waals surface area contributed by atoms with Crippen molar-refractivity contribution >= 4 is 5.91 Å². The lowest BCUT2D eigenvalue weighted by molar-refractivity contribution is 0.0742. The van der Waals surface area contributed by atoms with Gasteiger partial charge in [-0.05, 0) is 25.5 Å². The Labute approximate surface area is 118 Å². The van der Waals surface area contributed by atoms with Crippen LogP contribution in [0, 0.1) is 12.9 Å². The zero-order valence-electron chi connectivity index (χ0n) is 11.8. The van der Waals surface area contributed by atoms with Crippen molar-refractivity contribution in [3.63, 3.8) is 0 Å². The third-order valence-corrected chi connectivity index (χ3v) is 3.43. The highest BCUT2D eigenvalue weighted by Gasteiger charge is 2.19. The summed E-state index contributed by atoms with van der Waals surface area (Å²) in [5.41, 5.74) is 2.52. The van der Waals surface area contributed by atoms with Crippen molar-refractivity contribution in [2.45, 2.75) is 19.9 Å². The maximum atomic E-state index is 13.1. The molecule has 0 aliphatic rings. The third kappa shape index (κ3) is 3.02. The van der Waals surface area contributed by atoms with E-state index in [1.54, 1.807) is 11.9 Å². The van der Waals surface area contributed by atoms with Gasteiger partial charge in [-0.3, -0.25) is 4.79 Å². The summed E-state index contributed by atoms with van der Waals surface area (Å²) in [4.78, 5) is 17.4. The van der Waals surface area contributed by atoms with Crippen molar-refractivity contribution in [1.29, 1.82) is 0 Å². The molecule has 0 saturated heterocycles. The maximum Gasteiger partial charge on any atom is 0.254 e. The summed E-state index contributed by atoms with van der Waals surface area (Å²) < 4.78 is 13.1. The number of nitrogens with zero attached hydrogens (tertiary/aromatic N) is 2. The summed E-state index contributed by atoms with van der Waals surface area (Å²) in [6.07, 6.45) is 1.30. The van der Waals surface area contributed by atoms with Crippen LogP contribution in [0.15, 0.2) is 42.6 Å². The van der Waals surface area contributed by atoms with Crippen molar-refractivity contribution < 1.29 is 9.18 Å². The van der Waals surface area contributed by atoms with E-state index in [9.17, 15) is 9.18 Å². The minimum Gasteiger partial charge on any atom is -0.335 e. The molecule has 1 aromatic heterocycles. The molecule has 104 valence electrons. The molecule has 0 fully saturated rings. The predicted molar refractivity (Wildman–Crippen MR) is 75.9 cm³/mol. The Morgan fingerprint density at radius 2 is 1.90 bits per heavy atom. The minimum atomic E-state index is -0.646. The van der Waals surface area contributed by atoms with Crippen molar-refractivity contribution in [1.82, 2.24) is 9.88 Å². The van der Waals surface area contributed by atoms with Crippen LogP contribution in [0.4, 0.5) is 4.39 Å². The summed E-state index contributed by atoms with van der Waals surface area (Å²) in [7, 11) is 1.71. The van der Waals surface area contributed by atoms with Gasteiger partial charge in [0, 0.05) is 24.9 Å². The lowest BCUT2D eigenvalue weighted by atomic mass is 10.0. The molecule has 0 bridgehead atoms. The molecule has 0 radical (unpaired) electrons. The predicted octanol–water partition coefficient (Wildman–Crippen LogP) is 3.36. The van der Waals surface area contributed by atoms with E-state index in [0.29, 0.717) is 5.56 Å². The maximum absolute atomic E-state index is 13.1. The fourth-order valence-corrected chi connectivity index (χ4v) is 1.98. The second-order valence-corrected chi connectivity index (χ2v) is 4.87. The molecule has 2 aromatic rings. The molecule has 1 unspecified atom stereocenters. The summed E-state index contributed by atoms with van der Waals surface area (Å²) in [6, 6.07) is 10.6.